The average Bonchev–Trinajstić information content (AvgIpc) is 2.59. The Labute approximate surface area is 139 Å². The molecule has 3 N–H and O–H groups in total. The number of rotatable bonds is 6. The van der Waals surface area contributed by atoms with Gasteiger partial charge in [-0.2, -0.15) is 0 Å². The minimum Gasteiger partial charge on any atom is -0.338 e. The molecule has 1 saturated heterocycles. The third-order valence-electron chi connectivity index (χ3n) is 4.87. The van der Waals surface area contributed by atoms with E-state index in [-0.39, 0.29) is 24.5 Å². The van der Waals surface area contributed by atoms with Crippen LogP contribution in [-0.2, 0) is 4.79 Å². The third-order valence-corrected chi connectivity index (χ3v) is 4.87. The molecule has 0 bridgehead atoms. The summed E-state index contributed by atoms with van der Waals surface area (Å²) in [7, 11) is 0. The van der Waals surface area contributed by atoms with Crippen LogP contribution in [-0.4, -0.2) is 55.1 Å². The zero-order valence-corrected chi connectivity index (χ0v) is 14.4. The van der Waals surface area contributed by atoms with E-state index in [1.54, 1.807) is 0 Å². The molecule has 0 aromatic carbocycles. The normalized spacial score (nSPS) is 20.0. The topological polar surface area (TPSA) is 73.5 Å². The van der Waals surface area contributed by atoms with Gasteiger partial charge in [-0.1, -0.05) is 26.2 Å². The van der Waals surface area contributed by atoms with Crippen LogP contribution in [0.4, 0.5) is 4.79 Å². The van der Waals surface area contributed by atoms with Crippen LogP contribution in [0.2, 0.25) is 0 Å². The smallest absolute Gasteiger partial charge is 0.315 e. The van der Waals surface area contributed by atoms with E-state index in [9.17, 15) is 9.59 Å². The molecule has 0 radical (unpaired) electrons. The van der Waals surface area contributed by atoms with Crippen molar-refractivity contribution in [3.63, 3.8) is 0 Å². The predicted molar refractivity (Wildman–Crippen MR) is 91.3 cm³/mol. The summed E-state index contributed by atoms with van der Waals surface area (Å²) in [5.41, 5.74) is 0. The van der Waals surface area contributed by atoms with Gasteiger partial charge in [0.15, 0.2) is 0 Å². The zero-order chi connectivity index (χ0) is 16.5. The standard InChI is InChI=1S/C17H32N4O2/c1-2-12-21(15-8-10-18-11-9-15)16(22)13-19-17(23)20-14-6-4-3-5-7-14/h14-15,18H,2-13H2,1H3,(H2,19,20,23). The Morgan fingerprint density at radius 2 is 1.78 bits per heavy atom. The lowest BCUT2D eigenvalue weighted by atomic mass is 9.96. The number of piperidine rings is 1. The van der Waals surface area contributed by atoms with Gasteiger partial charge in [0.05, 0.1) is 6.54 Å². The Kier molecular flexibility index (Phi) is 7.65. The maximum atomic E-state index is 12.5. The van der Waals surface area contributed by atoms with Crippen molar-refractivity contribution in [1.82, 2.24) is 20.9 Å². The van der Waals surface area contributed by atoms with Gasteiger partial charge in [-0.15, -0.1) is 0 Å². The molecule has 0 unspecified atom stereocenters. The summed E-state index contributed by atoms with van der Waals surface area (Å²) in [5, 5.41) is 9.07. The average molecular weight is 324 g/mol. The molecule has 23 heavy (non-hydrogen) atoms. The first-order valence-electron chi connectivity index (χ1n) is 9.25. The molecule has 0 aromatic heterocycles. The molecule has 1 aliphatic carbocycles. The van der Waals surface area contributed by atoms with Crippen LogP contribution in [0, 0.1) is 0 Å². The first kappa shape index (κ1) is 18.0. The molecule has 3 amide bonds. The molecule has 132 valence electrons. The molecule has 2 aliphatic rings. The third kappa shape index (κ3) is 6.01. The van der Waals surface area contributed by atoms with Crippen LogP contribution < -0.4 is 16.0 Å². The number of nitrogens with zero attached hydrogens (tertiary/aromatic N) is 1. The van der Waals surface area contributed by atoms with Crippen molar-refractivity contribution in [2.75, 3.05) is 26.2 Å². The first-order valence-corrected chi connectivity index (χ1v) is 9.25. The number of amides is 3. The minimum atomic E-state index is -0.202. The molecule has 1 aliphatic heterocycles. The number of hydrogen-bond acceptors (Lipinski definition) is 3. The molecule has 0 spiro atoms. The summed E-state index contributed by atoms with van der Waals surface area (Å²) in [6, 6.07) is 0.383. The SMILES string of the molecule is CCCN(C(=O)CNC(=O)NC1CCCCC1)C1CCNCC1. The van der Waals surface area contributed by atoms with E-state index >= 15 is 0 Å². The number of carbonyl (C=O) groups excluding carboxylic acids is 2. The summed E-state index contributed by atoms with van der Waals surface area (Å²) in [4.78, 5) is 26.4. The number of urea groups is 1. The first-order chi connectivity index (χ1) is 11.2. The van der Waals surface area contributed by atoms with Crippen molar-refractivity contribution in [2.45, 2.75) is 70.4 Å². The molecule has 2 fully saturated rings. The zero-order valence-electron chi connectivity index (χ0n) is 14.4. The fourth-order valence-corrected chi connectivity index (χ4v) is 3.61. The van der Waals surface area contributed by atoms with Gasteiger partial charge in [0, 0.05) is 18.6 Å². The number of nitrogens with one attached hydrogen (secondary N) is 3. The van der Waals surface area contributed by atoms with E-state index in [0.717, 1.165) is 51.7 Å². The highest BCUT2D eigenvalue weighted by Gasteiger charge is 2.25. The van der Waals surface area contributed by atoms with Crippen molar-refractivity contribution in [3.8, 4) is 0 Å². The molecule has 1 heterocycles. The molecule has 0 aromatic rings. The van der Waals surface area contributed by atoms with E-state index < -0.39 is 0 Å². The quantitative estimate of drug-likeness (QED) is 0.695. The van der Waals surface area contributed by atoms with E-state index in [1.807, 2.05) is 4.90 Å². The van der Waals surface area contributed by atoms with Gasteiger partial charge >= 0.3 is 6.03 Å². The number of hydrogen-bond donors (Lipinski definition) is 3. The van der Waals surface area contributed by atoms with Crippen LogP contribution in [0.1, 0.15) is 58.3 Å². The molecule has 6 nitrogen and oxygen atoms in total. The molecular weight excluding hydrogens is 292 g/mol. The molecule has 0 atom stereocenters. The van der Waals surface area contributed by atoms with Gasteiger partial charge in [0.2, 0.25) is 5.91 Å². The highest BCUT2D eigenvalue weighted by Crippen LogP contribution is 2.17. The Balaban J connectivity index is 1.74. The van der Waals surface area contributed by atoms with Gasteiger partial charge in [-0.3, -0.25) is 4.79 Å². The Morgan fingerprint density at radius 1 is 1.09 bits per heavy atom. The fourth-order valence-electron chi connectivity index (χ4n) is 3.61. The lowest BCUT2D eigenvalue weighted by Crippen LogP contribution is -2.51. The van der Waals surface area contributed by atoms with Gasteiger partial charge < -0.3 is 20.9 Å². The predicted octanol–water partition coefficient (Wildman–Crippen LogP) is 1.61. The molecular formula is C17H32N4O2. The molecule has 1 saturated carbocycles. The van der Waals surface area contributed by atoms with Crippen LogP contribution in [0.25, 0.3) is 0 Å². The van der Waals surface area contributed by atoms with E-state index in [0.29, 0.717) is 6.04 Å². The monoisotopic (exact) mass is 324 g/mol. The van der Waals surface area contributed by atoms with Crippen molar-refractivity contribution in [1.29, 1.82) is 0 Å². The van der Waals surface area contributed by atoms with Crippen molar-refractivity contribution < 1.29 is 9.59 Å². The summed E-state index contributed by atoms with van der Waals surface area (Å²) in [6.07, 6.45) is 8.69. The highest BCUT2D eigenvalue weighted by molar-refractivity contribution is 5.84. The Hall–Kier alpha value is -1.30. The lowest BCUT2D eigenvalue weighted by Gasteiger charge is -2.34. The Bertz CT molecular complexity index is 377. The second kappa shape index (κ2) is 9.75. The maximum absolute atomic E-state index is 12.5. The van der Waals surface area contributed by atoms with Crippen LogP contribution in [0.15, 0.2) is 0 Å². The van der Waals surface area contributed by atoms with Crippen molar-refractivity contribution in [3.05, 3.63) is 0 Å². The molecule has 2 rings (SSSR count). The molecule has 6 heteroatoms. The second-order valence-corrected chi connectivity index (χ2v) is 6.73. The van der Waals surface area contributed by atoms with Crippen molar-refractivity contribution >= 4 is 11.9 Å². The summed E-state index contributed by atoms with van der Waals surface area (Å²) >= 11 is 0. The van der Waals surface area contributed by atoms with E-state index in [1.165, 1.54) is 19.3 Å². The van der Waals surface area contributed by atoms with E-state index in [2.05, 4.69) is 22.9 Å². The van der Waals surface area contributed by atoms with Gasteiger partial charge in [-0.05, 0) is 45.2 Å². The van der Waals surface area contributed by atoms with Crippen molar-refractivity contribution in [2.24, 2.45) is 0 Å². The lowest BCUT2D eigenvalue weighted by molar-refractivity contribution is -0.133. The second-order valence-electron chi connectivity index (χ2n) is 6.73. The highest BCUT2D eigenvalue weighted by atomic mass is 16.2. The largest absolute Gasteiger partial charge is 0.338 e. The van der Waals surface area contributed by atoms with Crippen LogP contribution in [0.5, 0.6) is 0 Å². The van der Waals surface area contributed by atoms with Gasteiger partial charge in [-0.25, -0.2) is 4.79 Å². The van der Waals surface area contributed by atoms with E-state index in [4.69, 9.17) is 0 Å². The van der Waals surface area contributed by atoms with Gasteiger partial charge in [0.25, 0.3) is 0 Å². The maximum Gasteiger partial charge on any atom is 0.315 e. The summed E-state index contributed by atoms with van der Waals surface area (Å²) in [5.74, 6) is 0.0394. The summed E-state index contributed by atoms with van der Waals surface area (Å²) < 4.78 is 0. The Morgan fingerprint density at radius 3 is 2.43 bits per heavy atom. The number of carbonyl (C=O) groups is 2. The van der Waals surface area contributed by atoms with Gasteiger partial charge in [0.1, 0.15) is 0 Å². The minimum absolute atomic E-state index is 0.0394. The van der Waals surface area contributed by atoms with Crippen LogP contribution in [0.3, 0.4) is 0 Å². The van der Waals surface area contributed by atoms with Crippen LogP contribution >= 0.6 is 0 Å². The fraction of sp³-hybridized carbons (Fsp3) is 0.882. The summed E-state index contributed by atoms with van der Waals surface area (Å²) in [6.45, 7) is 4.89.